The van der Waals surface area contributed by atoms with Crippen molar-refractivity contribution in [2.75, 3.05) is 6.54 Å². The number of nitro groups is 1. The molecule has 19 heavy (non-hydrogen) atoms. The zero-order valence-electron chi connectivity index (χ0n) is 9.80. The maximum atomic E-state index is 11.1. The van der Waals surface area contributed by atoms with Gasteiger partial charge in [-0.3, -0.25) is 14.9 Å². The largest absolute Gasteiger partial charge is 0.480 e. The van der Waals surface area contributed by atoms with Gasteiger partial charge in [-0.05, 0) is 18.0 Å². The quantitative estimate of drug-likeness (QED) is 0.485. The minimum absolute atomic E-state index is 0.0713. The number of carboxylic acid groups (broad SMARTS) is 1. The van der Waals surface area contributed by atoms with Gasteiger partial charge in [-0.2, -0.15) is 0 Å². The van der Waals surface area contributed by atoms with Crippen LogP contribution in [0.4, 0.5) is 5.69 Å². The summed E-state index contributed by atoms with van der Waals surface area (Å²) in [5.74, 6) is -1.04. The molecule has 8 heteroatoms. The first kappa shape index (κ1) is 13.8. The molecule has 1 aliphatic rings. The standard InChI is InChI=1S/C11H12N2O5S/c14-7-5-9(11(15)16)12(6-7)19-10-4-2-1-3-8(10)13(17)18/h1-4,7,9,14H,5-6H2,(H,15,16)/t7?,9-/m0/s1. The lowest BCUT2D eigenvalue weighted by Gasteiger charge is -2.18. The molecule has 1 aromatic rings. The molecule has 1 aromatic carbocycles. The summed E-state index contributed by atoms with van der Waals surface area (Å²) in [5, 5.41) is 29.5. The van der Waals surface area contributed by atoms with Gasteiger partial charge in [0.2, 0.25) is 0 Å². The molecule has 1 saturated heterocycles. The first-order chi connectivity index (χ1) is 8.99. The lowest BCUT2D eigenvalue weighted by Crippen LogP contribution is -2.30. The Morgan fingerprint density at radius 1 is 1.47 bits per heavy atom. The molecule has 2 rings (SSSR count). The summed E-state index contributed by atoms with van der Waals surface area (Å²) in [6.07, 6.45) is -0.598. The number of rotatable bonds is 4. The van der Waals surface area contributed by atoms with Gasteiger partial charge in [0.1, 0.15) is 10.9 Å². The van der Waals surface area contributed by atoms with E-state index >= 15 is 0 Å². The first-order valence-corrected chi connectivity index (χ1v) is 6.35. The van der Waals surface area contributed by atoms with Crippen LogP contribution in [0, 0.1) is 10.1 Å². The highest BCUT2D eigenvalue weighted by Crippen LogP contribution is 2.36. The highest BCUT2D eigenvalue weighted by atomic mass is 32.2. The van der Waals surface area contributed by atoms with Crippen LogP contribution < -0.4 is 0 Å². The molecular weight excluding hydrogens is 272 g/mol. The summed E-state index contributed by atoms with van der Waals surface area (Å²) in [6.45, 7) is 0.174. The Kier molecular flexibility index (Phi) is 4.03. The predicted octanol–water partition coefficient (Wildman–Crippen LogP) is 1.12. The number of aliphatic hydroxyl groups is 1. The van der Waals surface area contributed by atoms with E-state index < -0.39 is 23.0 Å². The number of benzene rings is 1. The number of para-hydroxylation sites is 1. The third kappa shape index (κ3) is 3.03. The maximum Gasteiger partial charge on any atom is 0.321 e. The molecule has 0 radical (unpaired) electrons. The van der Waals surface area contributed by atoms with Crippen molar-refractivity contribution in [2.45, 2.75) is 23.5 Å². The third-order valence-electron chi connectivity index (χ3n) is 2.80. The molecule has 102 valence electrons. The number of hydrogen-bond acceptors (Lipinski definition) is 6. The van der Waals surface area contributed by atoms with E-state index in [1.54, 1.807) is 18.2 Å². The number of aliphatic hydroxyl groups excluding tert-OH is 1. The molecular formula is C11H12N2O5S. The van der Waals surface area contributed by atoms with Crippen molar-refractivity contribution in [1.82, 2.24) is 4.31 Å². The van der Waals surface area contributed by atoms with Crippen molar-refractivity contribution in [3.05, 3.63) is 34.4 Å². The highest BCUT2D eigenvalue weighted by Gasteiger charge is 2.37. The van der Waals surface area contributed by atoms with Crippen LogP contribution in [0.5, 0.6) is 0 Å². The Hall–Kier alpha value is -1.64. The summed E-state index contributed by atoms with van der Waals surface area (Å²) in [4.78, 5) is 21.8. The summed E-state index contributed by atoms with van der Waals surface area (Å²) in [5.41, 5.74) is -0.0713. The fourth-order valence-corrected chi connectivity index (χ4v) is 3.10. The monoisotopic (exact) mass is 284 g/mol. The lowest BCUT2D eigenvalue weighted by molar-refractivity contribution is -0.387. The first-order valence-electron chi connectivity index (χ1n) is 5.58. The van der Waals surface area contributed by atoms with Crippen LogP contribution in [-0.2, 0) is 4.79 Å². The van der Waals surface area contributed by atoms with Crippen LogP contribution in [-0.4, -0.2) is 44.1 Å². The minimum Gasteiger partial charge on any atom is -0.480 e. The normalized spacial score (nSPS) is 23.4. The number of hydrogen-bond donors (Lipinski definition) is 2. The molecule has 0 saturated carbocycles. The van der Waals surface area contributed by atoms with Crippen molar-refractivity contribution in [1.29, 1.82) is 0 Å². The Balaban J connectivity index is 2.21. The van der Waals surface area contributed by atoms with E-state index in [4.69, 9.17) is 5.11 Å². The van der Waals surface area contributed by atoms with Crippen molar-refractivity contribution < 1.29 is 19.9 Å². The van der Waals surface area contributed by atoms with Gasteiger partial charge in [0.15, 0.2) is 0 Å². The van der Waals surface area contributed by atoms with Crippen molar-refractivity contribution in [3.8, 4) is 0 Å². The zero-order valence-corrected chi connectivity index (χ0v) is 10.6. The van der Waals surface area contributed by atoms with Crippen molar-refractivity contribution in [2.24, 2.45) is 0 Å². The highest BCUT2D eigenvalue weighted by molar-refractivity contribution is 7.97. The van der Waals surface area contributed by atoms with Crippen molar-refractivity contribution in [3.63, 3.8) is 0 Å². The second-order valence-corrected chi connectivity index (χ2v) is 5.25. The molecule has 0 spiro atoms. The van der Waals surface area contributed by atoms with Gasteiger partial charge >= 0.3 is 5.97 Å². The summed E-state index contributed by atoms with van der Waals surface area (Å²) in [7, 11) is 0. The van der Waals surface area contributed by atoms with E-state index in [0.717, 1.165) is 11.9 Å². The van der Waals surface area contributed by atoms with Gasteiger partial charge in [0.05, 0.1) is 11.0 Å². The van der Waals surface area contributed by atoms with Gasteiger partial charge in [0.25, 0.3) is 5.69 Å². The molecule has 1 unspecified atom stereocenters. The van der Waals surface area contributed by atoms with E-state index in [1.165, 1.54) is 10.4 Å². The number of aliphatic carboxylic acids is 1. The second kappa shape index (κ2) is 5.55. The van der Waals surface area contributed by atoms with Gasteiger partial charge in [-0.1, -0.05) is 12.1 Å². The van der Waals surface area contributed by atoms with Crippen LogP contribution in [0.25, 0.3) is 0 Å². The fourth-order valence-electron chi connectivity index (χ4n) is 1.92. The molecule has 0 aliphatic carbocycles. The Bertz CT molecular complexity index is 510. The molecule has 2 atom stereocenters. The Labute approximate surface area is 113 Å². The van der Waals surface area contributed by atoms with Gasteiger partial charge in [-0.25, -0.2) is 4.31 Å². The Morgan fingerprint density at radius 2 is 2.16 bits per heavy atom. The number of carboxylic acids is 1. The van der Waals surface area contributed by atoms with E-state index in [2.05, 4.69) is 0 Å². The molecule has 2 N–H and O–H groups in total. The predicted molar refractivity (Wildman–Crippen MR) is 67.7 cm³/mol. The van der Waals surface area contributed by atoms with Crippen LogP contribution >= 0.6 is 11.9 Å². The van der Waals surface area contributed by atoms with Crippen molar-refractivity contribution >= 4 is 23.6 Å². The van der Waals surface area contributed by atoms with Gasteiger partial charge < -0.3 is 10.2 Å². The number of nitrogens with zero attached hydrogens (tertiary/aromatic N) is 2. The number of nitro benzene ring substituents is 1. The van der Waals surface area contributed by atoms with Crippen LogP contribution in [0.2, 0.25) is 0 Å². The Morgan fingerprint density at radius 3 is 2.79 bits per heavy atom. The molecule has 7 nitrogen and oxygen atoms in total. The molecule has 0 aromatic heterocycles. The number of carbonyl (C=O) groups is 1. The summed E-state index contributed by atoms with van der Waals surface area (Å²) >= 11 is 0.997. The smallest absolute Gasteiger partial charge is 0.321 e. The minimum atomic E-state index is -1.04. The van der Waals surface area contributed by atoms with Crippen LogP contribution in [0.15, 0.2) is 29.2 Å². The lowest BCUT2D eigenvalue weighted by atomic mass is 10.2. The molecule has 1 heterocycles. The summed E-state index contributed by atoms with van der Waals surface area (Å²) in [6, 6.07) is 5.30. The van der Waals surface area contributed by atoms with E-state index in [9.17, 15) is 20.0 Å². The maximum absolute atomic E-state index is 11.1. The average Bonchev–Trinajstić information content (AvgIpc) is 2.71. The van der Waals surface area contributed by atoms with Crippen LogP contribution in [0.1, 0.15) is 6.42 Å². The van der Waals surface area contributed by atoms with E-state index in [-0.39, 0.29) is 18.7 Å². The zero-order chi connectivity index (χ0) is 14.0. The summed E-state index contributed by atoms with van der Waals surface area (Å²) < 4.78 is 1.47. The molecule has 1 fully saturated rings. The number of β-amino-alcohol motifs (C(OH)–C–C–N with tert-alkyl or cyclic N) is 1. The van der Waals surface area contributed by atoms with E-state index in [0.29, 0.717) is 4.90 Å². The molecule has 0 bridgehead atoms. The van der Waals surface area contributed by atoms with Crippen LogP contribution in [0.3, 0.4) is 0 Å². The topological polar surface area (TPSA) is 104 Å². The van der Waals surface area contributed by atoms with Gasteiger partial charge in [0, 0.05) is 19.0 Å². The molecule has 1 aliphatic heterocycles. The second-order valence-electron chi connectivity index (χ2n) is 4.16. The molecule has 0 amide bonds. The SMILES string of the molecule is O=C(O)[C@@H]1CC(O)CN1Sc1ccccc1[N+](=O)[O-]. The average molecular weight is 284 g/mol. The van der Waals surface area contributed by atoms with E-state index in [1.807, 2.05) is 0 Å². The van der Waals surface area contributed by atoms with Gasteiger partial charge in [-0.15, -0.1) is 0 Å². The third-order valence-corrected chi connectivity index (χ3v) is 3.98. The fraction of sp³-hybridized carbons (Fsp3) is 0.364.